The van der Waals surface area contributed by atoms with Gasteiger partial charge in [0.2, 0.25) is 0 Å². The number of anilines is 1. The molecule has 0 atom stereocenters. The van der Waals surface area contributed by atoms with Crippen LogP contribution in [0.5, 0.6) is 0 Å². The van der Waals surface area contributed by atoms with Gasteiger partial charge in [-0.3, -0.25) is 10.8 Å². The molecule has 0 fully saturated rings. The molecule has 0 saturated carbocycles. The molecule has 0 unspecified atom stereocenters. The van der Waals surface area contributed by atoms with E-state index in [0.29, 0.717) is 5.69 Å². The van der Waals surface area contributed by atoms with Gasteiger partial charge in [0, 0.05) is 11.8 Å². The number of hydrogen-bond acceptors (Lipinski definition) is 3. The average molecular weight is 271 g/mol. The van der Waals surface area contributed by atoms with Crippen LogP contribution in [0.3, 0.4) is 0 Å². The van der Waals surface area contributed by atoms with Crippen LogP contribution in [-0.4, -0.2) is 4.98 Å². The Morgan fingerprint density at radius 3 is 2.47 bits per heavy atom. The van der Waals surface area contributed by atoms with E-state index in [1.807, 2.05) is 0 Å². The molecule has 0 saturated heterocycles. The first-order valence-corrected chi connectivity index (χ1v) is 5.21. The highest BCUT2D eigenvalue weighted by Crippen LogP contribution is 2.34. The van der Waals surface area contributed by atoms with Crippen molar-refractivity contribution in [2.45, 2.75) is 6.18 Å². The van der Waals surface area contributed by atoms with Gasteiger partial charge >= 0.3 is 6.18 Å². The van der Waals surface area contributed by atoms with E-state index in [-0.39, 0.29) is 11.3 Å². The van der Waals surface area contributed by atoms with E-state index in [0.717, 1.165) is 12.1 Å². The molecule has 3 nitrogen and oxygen atoms in total. The zero-order chi connectivity index (χ0) is 14.0. The lowest BCUT2D eigenvalue weighted by Gasteiger charge is -2.10. The molecule has 0 aliphatic carbocycles. The number of nitrogens with two attached hydrogens (primary N) is 1. The van der Waals surface area contributed by atoms with Gasteiger partial charge < -0.3 is 5.43 Å². The van der Waals surface area contributed by atoms with E-state index in [1.165, 1.54) is 18.3 Å². The van der Waals surface area contributed by atoms with E-state index in [9.17, 15) is 17.6 Å². The number of hydrazine groups is 1. The van der Waals surface area contributed by atoms with Crippen LogP contribution in [0.25, 0.3) is 11.3 Å². The number of pyridine rings is 1. The number of halogens is 4. The summed E-state index contributed by atoms with van der Waals surface area (Å²) in [7, 11) is 0. The summed E-state index contributed by atoms with van der Waals surface area (Å²) in [5.74, 6) is 3.89. The lowest BCUT2D eigenvalue weighted by molar-refractivity contribution is -0.139. The fourth-order valence-electron chi connectivity index (χ4n) is 1.58. The number of nitrogens with zero attached hydrogens (tertiary/aromatic N) is 1. The van der Waals surface area contributed by atoms with Crippen molar-refractivity contribution in [1.82, 2.24) is 4.98 Å². The Morgan fingerprint density at radius 1 is 1.11 bits per heavy atom. The molecule has 19 heavy (non-hydrogen) atoms. The molecule has 0 aliphatic rings. The normalized spacial score (nSPS) is 11.4. The molecule has 0 amide bonds. The summed E-state index contributed by atoms with van der Waals surface area (Å²) in [5, 5.41) is 0. The zero-order valence-electron chi connectivity index (χ0n) is 9.50. The molecule has 2 rings (SSSR count). The molecule has 100 valence electrons. The van der Waals surface area contributed by atoms with Crippen LogP contribution in [0.1, 0.15) is 5.56 Å². The number of hydrogen-bond donors (Lipinski definition) is 2. The lowest BCUT2D eigenvalue weighted by Crippen LogP contribution is -2.08. The molecular weight excluding hydrogens is 262 g/mol. The Labute approximate surface area is 106 Å². The molecule has 3 N–H and O–H groups in total. The topological polar surface area (TPSA) is 50.9 Å². The van der Waals surface area contributed by atoms with Crippen molar-refractivity contribution in [1.29, 1.82) is 0 Å². The second-order valence-electron chi connectivity index (χ2n) is 3.77. The van der Waals surface area contributed by atoms with Crippen LogP contribution in [0.4, 0.5) is 23.2 Å². The predicted octanol–water partition coefficient (Wildman–Crippen LogP) is 3.19. The fraction of sp³-hybridized carbons (Fsp3) is 0.0833. The summed E-state index contributed by atoms with van der Waals surface area (Å²) in [4.78, 5) is 3.93. The summed E-state index contributed by atoms with van der Waals surface area (Å²) in [6.45, 7) is 0. The van der Waals surface area contributed by atoms with Crippen LogP contribution < -0.4 is 11.3 Å². The van der Waals surface area contributed by atoms with E-state index in [4.69, 9.17) is 5.84 Å². The van der Waals surface area contributed by atoms with Crippen molar-refractivity contribution in [3.63, 3.8) is 0 Å². The van der Waals surface area contributed by atoms with Crippen LogP contribution in [-0.2, 0) is 6.18 Å². The van der Waals surface area contributed by atoms with Crippen LogP contribution in [0.15, 0.2) is 36.5 Å². The van der Waals surface area contributed by atoms with Gasteiger partial charge in [0.25, 0.3) is 0 Å². The van der Waals surface area contributed by atoms with Crippen molar-refractivity contribution >= 4 is 5.69 Å². The van der Waals surface area contributed by atoms with E-state index < -0.39 is 17.6 Å². The number of alkyl halides is 3. The zero-order valence-corrected chi connectivity index (χ0v) is 9.50. The standard InChI is InChI=1S/C12H9F4N3/c13-10-2-1-7(5-9(10)12(14,15)16)11-6-8(19-17)3-4-18-11/h1-6H,17H2,(H,18,19). The summed E-state index contributed by atoms with van der Waals surface area (Å²) in [6, 6.07) is 5.73. The van der Waals surface area contributed by atoms with E-state index in [1.54, 1.807) is 6.07 Å². The highest BCUT2D eigenvalue weighted by atomic mass is 19.4. The Hall–Kier alpha value is -2.15. The van der Waals surface area contributed by atoms with Crippen LogP contribution in [0, 0.1) is 5.82 Å². The molecule has 0 aliphatic heterocycles. The largest absolute Gasteiger partial charge is 0.419 e. The highest BCUT2D eigenvalue weighted by Gasteiger charge is 2.34. The molecule has 1 aromatic carbocycles. The van der Waals surface area contributed by atoms with Gasteiger partial charge in [0.15, 0.2) is 0 Å². The minimum atomic E-state index is -4.75. The van der Waals surface area contributed by atoms with Crippen LogP contribution in [0.2, 0.25) is 0 Å². The lowest BCUT2D eigenvalue weighted by atomic mass is 10.1. The number of aromatic nitrogens is 1. The fourth-order valence-corrected chi connectivity index (χ4v) is 1.58. The predicted molar refractivity (Wildman–Crippen MR) is 62.4 cm³/mol. The number of nitrogens with one attached hydrogen (secondary N) is 1. The highest BCUT2D eigenvalue weighted by molar-refractivity contribution is 5.64. The molecular formula is C12H9F4N3. The maximum absolute atomic E-state index is 13.2. The molecule has 0 radical (unpaired) electrons. The third-order valence-electron chi connectivity index (χ3n) is 2.49. The molecule has 1 aromatic heterocycles. The average Bonchev–Trinajstić information content (AvgIpc) is 2.38. The number of rotatable bonds is 2. The maximum atomic E-state index is 13.2. The monoisotopic (exact) mass is 271 g/mol. The minimum absolute atomic E-state index is 0.158. The van der Waals surface area contributed by atoms with E-state index in [2.05, 4.69) is 10.4 Å². The van der Waals surface area contributed by atoms with Gasteiger partial charge in [0.05, 0.1) is 16.9 Å². The third kappa shape index (κ3) is 2.82. The SMILES string of the molecule is NNc1ccnc(-c2ccc(F)c(C(F)(F)F)c2)c1. The Morgan fingerprint density at radius 2 is 1.84 bits per heavy atom. The Balaban J connectivity index is 2.51. The van der Waals surface area contributed by atoms with Crippen molar-refractivity contribution in [3.8, 4) is 11.3 Å². The van der Waals surface area contributed by atoms with Gasteiger partial charge in [-0.15, -0.1) is 0 Å². The number of nitrogen functional groups attached to an aromatic ring is 1. The summed E-state index contributed by atoms with van der Waals surface area (Å²) in [5.41, 5.74) is 1.95. The summed E-state index contributed by atoms with van der Waals surface area (Å²) < 4.78 is 50.9. The van der Waals surface area contributed by atoms with Gasteiger partial charge in [-0.25, -0.2) is 4.39 Å². The number of benzene rings is 1. The van der Waals surface area contributed by atoms with Crippen molar-refractivity contribution in [2.75, 3.05) is 5.43 Å². The first kappa shape index (κ1) is 13.3. The second kappa shape index (κ2) is 4.85. The van der Waals surface area contributed by atoms with Gasteiger partial charge in [-0.05, 0) is 30.3 Å². The quantitative estimate of drug-likeness (QED) is 0.501. The molecule has 0 bridgehead atoms. The first-order valence-electron chi connectivity index (χ1n) is 5.21. The van der Waals surface area contributed by atoms with Crippen molar-refractivity contribution in [2.24, 2.45) is 5.84 Å². The summed E-state index contributed by atoms with van der Waals surface area (Å²) >= 11 is 0. The first-order chi connectivity index (χ1) is 8.91. The molecule has 2 aromatic rings. The smallest absolute Gasteiger partial charge is 0.324 e. The third-order valence-corrected chi connectivity index (χ3v) is 2.49. The molecule has 1 heterocycles. The van der Waals surface area contributed by atoms with Crippen LogP contribution >= 0.6 is 0 Å². The minimum Gasteiger partial charge on any atom is -0.324 e. The van der Waals surface area contributed by atoms with E-state index >= 15 is 0 Å². The van der Waals surface area contributed by atoms with Gasteiger partial charge in [-0.1, -0.05) is 0 Å². The van der Waals surface area contributed by atoms with Gasteiger partial charge in [0.1, 0.15) is 5.82 Å². The Kier molecular flexibility index (Phi) is 3.39. The molecule has 7 heteroatoms. The summed E-state index contributed by atoms with van der Waals surface area (Å²) in [6.07, 6.45) is -3.36. The maximum Gasteiger partial charge on any atom is 0.419 e. The van der Waals surface area contributed by atoms with Gasteiger partial charge in [-0.2, -0.15) is 13.2 Å². The van der Waals surface area contributed by atoms with Crippen molar-refractivity contribution < 1.29 is 17.6 Å². The second-order valence-corrected chi connectivity index (χ2v) is 3.77. The van der Waals surface area contributed by atoms with Crippen molar-refractivity contribution in [3.05, 3.63) is 47.9 Å². The molecule has 0 spiro atoms. The Bertz CT molecular complexity index is 596.